The lowest BCUT2D eigenvalue weighted by molar-refractivity contribution is -0.122. The Bertz CT molecular complexity index is 298. The number of rotatable bonds is 7. The summed E-state index contributed by atoms with van der Waals surface area (Å²) in [4.78, 5) is 11.5. The SMILES string of the molecule is CCC(CCO)NC(=O)CCn1cccn1. The molecule has 2 N–H and O–H groups in total. The molecule has 1 amide bonds. The molecular weight excluding hydrogens is 206 g/mol. The van der Waals surface area contributed by atoms with Gasteiger partial charge in [0, 0.05) is 38.0 Å². The van der Waals surface area contributed by atoms with Crippen LogP contribution in [0.15, 0.2) is 18.5 Å². The van der Waals surface area contributed by atoms with Crippen LogP contribution in [-0.4, -0.2) is 33.4 Å². The van der Waals surface area contributed by atoms with Crippen LogP contribution >= 0.6 is 0 Å². The molecule has 1 atom stereocenters. The van der Waals surface area contributed by atoms with Gasteiger partial charge in [-0.25, -0.2) is 0 Å². The number of amides is 1. The minimum Gasteiger partial charge on any atom is -0.396 e. The maximum absolute atomic E-state index is 11.5. The average Bonchev–Trinajstić information content (AvgIpc) is 2.78. The van der Waals surface area contributed by atoms with Crippen LogP contribution in [-0.2, 0) is 11.3 Å². The number of hydrogen-bond donors (Lipinski definition) is 2. The fourth-order valence-corrected chi connectivity index (χ4v) is 1.48. The molecule has 5 nitrogen and oxygen atoms in total. The van der Waals surface area contributed by atoms with E-state index in [-0.39, 0.29) is 18.6 Å². The molecule has 0 radical (unpaired) electrons. The van der Waals surface area contributed by atoms with Crippen LogP contribution in [0.25, 0.3) is 0 Å². The number of nitrogens with one attached hydrogen (secondary N) is 1. The molecule has 0 spiro atoms. The normalized spacial score (nSPS) is 12.4. The molecular formula is C11H19N3O2. The van der Waals surface area contributed by atoms with Crippen molar-refractivity contribution in [2.24, 2.45) is 0 Å². The van der Waals surface area contributed by atoms with Crippen molar-refractivity contribution >= 4 is 5.91 Å². The van der Waals surface area contributed by atoms with Gasteiger partial charge in [0.25, 0.3) is 0 Å². The summed E-state index contributed by atoms with van der Waals surface area (Å²) in [5, 5.41) is 15.7. The maximum atomic E-state index is 11.5. The predicted molar refractivity (Wildman–Crippen MR) is 60.8 cm³/mol. The van der Waals surface area contributed by atoms with E-state index in [2.05, 4.69) is 10.4 Å². The summed E-state index contributed by atoms with van der Waals surface area (Å²) in [5.41, 5.74) is 0. The number of aromatic nitrogens is 2. The zero-order valence-corrected chi connectivity index (χ0v) is 9.59. The van der Waals surface area contributed by atoms with E-state index in [9.17, 15) is 4.79 Å². The molecule has 0 fully saturated rings. The summed E-state index contributed by atoms with van der Waals surface area (Å²) in [6.07, 6.45) is 5.40. The van der Waals surface area contributed by atoms with E-state index < -0.39 is 0 Å². The second-order valence-corrected chi connectivity index (χ2v) is 3.70. The van der Waals surface area contributed by atoms with Gasteiger partial charge in [-0.3, -0.25) is 9.48 Å². The average molecular weight is 225 g/mol. The summed E-state index contributed by atoms with van der Waals surface area (Å²) < 4.78 is 1.73. The summed E-state index contributed by atoms with van der Waals surface area (Å²) >= 11 is 0. The van der Waals surface area contributed by atoms with Gasteiger partial charge in [0.1, 0.15) is 0 Å². The fourth-order valence-electron chi connectivity index (χ4n) is 1.48. The smallest absolute Gasteiger partial charge is 0.222 e. The van der Waals surface area contributed by atoms with E-state index in [1.54, 1.807) is 10.9 Å². The highest BCUT2D eigenvalue weighted by Crippen LogP contribution is 1.98. The Labute approximate surface area is 95.5 Å². The molecule has 1 aromatic rings. The third-order valence-corrected chi connectivity index (χ3v) is 2.46. The number of nitrogens with zero attached hydrogens (tertiary/aromatic N) is 2. The lowest BCUT2D eigenvalue weighted by Crippen LogP contribution is -2.35. The zero-order valence-electron chi connectivity index (χ0n) is 9.59. The molecule has 1 aromatic heterocycles. The molecule has 1 unspecified atom stereocenters. The molecule has 0 saturated carbocycles. The van der Waals surface area contributed by atoms with Crippen LogP contribution in [0.4, 0.5) is 0 Å². The Hall–Kier alpha value is -1.36. The van der Waals surface area contributed by atoms with Crippen molar-refractivity contribution in [1.29, 1.82) is 0 Å². The molecule has 5 heteroatoms. The van der Waals surface area contributed by atoms with Crippen LogP contribution in [0.2, 0.25) is 0 Å². The highest BCUT2D eigenvalue weighted by atomic mass is 16.3. The zero-order chi connectivity index (χ0) is 11.8. The summed E-state index contributed by atoms with van der Waals surface area (Å²) in [6, 6.07) is 1.91. The minimum atomic E-state index is 0.0100. The topological polar surface area (TPSA) is 67.2 Å². The van der Waals surface area contributed by atoms with Crippen LogP contribution in [0.1, 0.15) is 26.2 Å². The van der Waals surface area contributed by atoms with Gasteiger partial charge in [0.15, 0.2) is 0 Å². The third kappa shape index (κ3) is 4.44. The number of aryl methyl sites for hydroxylation is 1. The van der Waals surface area contributed by atoms with Gasteiger partial charge in [-0.15, -0.1) is 0 Å². The molecule has 0 aliphatic carbocycles. The molecule has 0 bridgehead atoms. The van der Waals surface area contributed by atoms with Gasteiger partial charge in [0.2, 0.25) is 5.91 Å². The molecule has 0 aliphatic rings. The van der Waals surface area contributed by atoms with Gasteiger partial charge in [-0.05, 0) is 18.9 Å². The second-order valence-electron chi connectivity index (χ2n) is 3.70. The van der Waals surface area contributed by atoms with Crippen LogP contribution < -0.4 is 5.32 Å². The van der Waals surface area contributed by atoms with Crippen molar-refractivity contribution in [3.63, 3.8) is 0 Å². The van der Waals surface area contributed by atoms with E-state index in [4.69, 9.17) is 5.11 Å². The first kappa shape index (κ1) is 12.7. The molecule has 0 aromatic carbocycles. The Morgan fingerprint density at radius 3 is 3.00 bits per heavy atom. The van der Waals surface area contributed by atoms with Crippen LogP contribution in [0.5, 0.6) is 0 Å². The first-order chi connectivity index (χ1) is 7.76. The summed E-state index contributed by atoms with van der Waals surface area (Å²) in [6.45, 7) is 2.69. The molecule has 0 aliphatic heterocycles. The summed E-state index contributed by atoms with van der Waals surface area (Å²) in [7, 11) is 0. The van der Waals surface area contributed by atoms with Crippen molar-refractivity contribution in [3.8, 4) is 0 Å². The van der Waals surface area contributed by atoms with Crippen molar-refractivity contribution in [3.05, 3.63) is 18.5 Å². The molecule has 90 valence electrons. The number of carbonyl (C=O) groups excluding carboxylic acids is 1. The molecule has 0 saturated heterocycles. The highest BCUT2D eigenvalue weighted by molar-refractivity contribution is 5.76. The van der Waals surface area contributed by atoms with Crippen LogP contribution in [0, 0.1) is 0 Å². The van der Waals surface area contributed by atoms with E-state index in [0.29, 0.717) is 19.4 Å². The highest BCUT2D eigenvalue weighted by Gasteiger charge is 2.09. The van der Waals surface area contributed by atoms with E-state index in [1.165, 1.54) is 0 Å². The van der Waals surface area contributed by atoms with E-state index in [1.807, 2.05) is 19.2 Å². The predicted octanol–water partition coefficient (Wildman–Crippen LogP) is 0.550. The summed E-state index contributed by atoms with van der Waals surface area (Å²) in [5.74, 6) is 0.0100. The van der Waals surface area contributed by atoms with E-state index in [0.717, 1.165) is 6.42 Å². The van der Waals surface area contributed by atoms with Gasteiger partial charge in [-0.2, -0.15) is 5.10 Å². The lowest BCUT2D eigenvalue weighted by Gasteiger charge is -2.15. The maximum Gasteiger partial charge on any atom is 0.222 e. The first-order valence-electron chi connectivity index (χ1n) is 5.64. The van der Waals surface area contributed by atoms with Gasteiger partial charge in [-0.1, -0.05) is 6.92 Å². The fraction of sp³-hybridized carbons (Fsp3) is 0.636. The largest absolute Gasteiger partial charge is 0.396 e. The minimum absolute atomic E-state index is 0.0100. The Kier molecular flexibility index (Phi) is 5.56. The second kappa shape index (κ2) is 7.00. The van der Waals surface area contributed by atoms with Crippen molar-refractivity contribution in [2.45, 2.75) is 38.8 Å². The number of carbonyl (C=O) groups is 1. The van der Waals surface area contributed by atoms with Crippen LogP contribution in [0.3, 0.4) is 0 Å². The third-order valence-electron chi connectivity index (χ3n) is 2.46. The molecule has 1 rings (SSSR count). The monoisotopic (exact) mass is 225 g/mol. The Morgan fingerprint density at radius 1 is 1.62 bits per heavy atom. The van der Waals surface area contributed by atoms with Crippen molar-refractivity contribution in [2.75, 3.05) is 6.61 Å². The van der Waals surface area contributed by atoms with Gasteiger partial charge in [0.05, 0.1) is 0 Å². The Balaban J connectivity index is 2.24. The number of aliphatic hydroxyl groups excluding tert-OH is 1. The lowest BCUT2D eigenvalue weighted by atomic mass is 10.1. The number of aliphatic hydroxyl groups is 1. The molecule has 16 heavy (non-hydrogen) atoms. The standard InChI is InChI=1S/C11H19N3O2/c1-2-10(5-9-15)13-11(16)4-8-14-7-3-6-12-14/h3,6-7,10,15H,2,4-5,8-9H2,1H3,(H,13,16). The van der Waals surface area contributed by atoms with Gasteiger partial charge >= 0.3 is 0 Å². The van der Waals surface area contributed by atoms with Gasteiger partial charge < -0.3 is 10.4 Å². The van der Waals surface area contributed by atoms with E-state index >= 15 is 0 Å². The van der Waals surface area contributed by atoms with Crippen molar-refractivity contribution < 1.29 is 9.90 Å². The first-order valence-corrected chi connectivity index (χ1v) is 5.64. The number of hydrogen-bond acceptors (Lipinski definition) is 3. The molecule has 1 heterocycles. The Morgan fingerprint density at radius 2 is 2.44 bits per heavy atom. The van der Waals surface area contributed by atoms with Crippen molar-refractivity contribution in [1.82, 2.24) is 15.1 Å². The quantitative estimate of drug-likeness (QED) is 0.712.